The predicted molar refractivity (Wildman–Crippen MR) is 72.4 cm³/mol. The van der Waals surface area contributed by atoms with Crippen LogP contribution in [0.25, 0.3) is 0 Å². The Kier molecular flexibility index (Phi) is 3.87. The Morgan fingerprint density at radius 3 is 2.84 bits per heavy atom. The van der Waals surface area contributed by atoms with E-state index in [0.29, 0.717) is 10.5 Å². The van der Waals surface area contributed by atoms with Gasteiger partial charge in [0.15, 0.2) is 5.16 Å². The Morgan fingerprint density at radius 2 is 2.21 bits per heavy atom. The van der Waals surface area contributed by atoms with Crippen molar-refractivity contribution in [3.63, 3.8) is 0 Å². The molecule has 0 amide bonds. The molecule has 0 fully saturated rings. The minimum absolute atomic E-state index is 0.0879. The lowest BCUT2D eigenvalue weighted by atomic mass is 10.1. The monoisotopic (exact) mass is 280 g/mol. The van der Waals surface area contributed by atoms with Crippen LogP contribution in [0.3, 0.4) is 0 Å². The highest BCUT2D eigenvalue weighted by molar-refractivity contribution is 7.99. The fraction of sp³-hybridized carbons (Fsp3) is 0.167. The third-order valence-corrected chi connectivity index (χ3v) is 3.45. The van der Waals surface area contributed by atoms with Crippen molar-refractivity contribution >= 4 is 17.6 Å². The maximum atomic E-state index is 13.9. The standard InChI is InChI=1S/C12H13FN4OS/c1-6(14)7-3-2-4-8(13)11(7)19-12-16-9(15)5-10(18)17-12/h2-6H,14H2,1H3,(H3,15,16,17,18)/t6-/m0/s1. The van der Waals surface area contributed by atoms with Crippen molar-refractivity contribution < 1.29 is 4.39 Å². The maximum Gasteiger partial charge on any atom is 0.253 e. The molecule has 100 valence electrons. The molecule has 0 aliphatic heterocycles. The molecule has 2 aromatic rings. The molecule has 1 aromatic heterocycles. The number of aromatic amines is 1. The van der Waals surface area contributed by atoms with Crippen molar-refractivity contribution in [1.29, 1.82) is 0 Å². The topological polar surface area (TPSA) is 97.8 Å². The molecular formula is C12H13FN4OS. The molecule has 1 atom stereocenters. The largest absolute Gasteiger partial charge is 0.383 e. The fourth-order valence-corrected chi connectivity index (χ4v) is 2.62. The molecule has 19 heavy (non-hydrogen) atoms. The van der Waals surface area contributed by atoms with E-state index < -0.39 is 5.82 Å². The van der Waals surface area contributed by atoms with Gasteiger partial charge in [-0.1, -0.05) is 12.1 Å². The van der Waals surface area contributed by atoms with Crippen molar-refractivity contribution in [3.05, 3.63) is 46.0 Å². The number of hydrogen-bond donors (Lipinski definition) is 3. The van der Waals surface area contributed by atoms with Gasteiger partial charge in [0.25, 0.3) is 5.56 Å². The van der Waals surface area contributed by atoms with Gasteiger partial charge in [-0.25, -0.2) is 9.37 Å². The first-order chi connectivity index (χ1) is 8.97. The second-order valence-corrected chi connectivity index (χ2v) is 5.02. The molecular weight excluding hydrogens is 267 g/mol. The third-order valence-electron chi connectivity index (χ3n) is 2.43. The zero-order chi connectivity index (χ0) is 14.0. The summed E-state index contributed by atoms with van der Waals surface area (Å²) < 4.78 is 13.9. The summed E-state index contributed by atoms with van der Waals surface area (Å²) in [5.41, 5.74) is 11.6. The van der Waals surface area contributed by atoms with Crippen LogP contribution in [-0.2, 0) is 0 Å². The van der Waals surface area contributed by atoms with Crippen molar-refractivity contribution in [2.24, 2.45) is 5.73 Å². The molecule has 0 aliphatic carbocycles. The molecule has 0 radical (unpaired) electrons. The summed E-state index contributed by atoms with van der Waals surface area (Å²) in [4.78, 5) is 18.1. The Morgan fingerprint density at radius 1 is 1.47 bits per heavy atom. The Bertz CT molecular complexity index is 656. The number of aromatic nitrogens is 2. The zero-order valence-corrected chi connectivity index (χ0v) is 11.0. The fourth-order valence-electron chi connectivity index (χ4n) is 1.59. The van der Waals surface area contributed by atoms with Crippen LogP contribution < -0.4 is 17.0 Å². The number of rotatable bonds is 3. The lowest BCUT2D eigenvalue weighted by molar-refractivity contribution is 0.591. The van der Waals surface area contributed by atoms with E-state index in [1.54, 1.807) is 19.1 Å². The molecule has 0 spiro atoms. The molecule has 0 unspecified atom stereocenters. The number of nitrogens with zero attached hydrogens (tertiary/aromatic N) is 1. The minimum atomic E-state index is -0.412. The van der Waals surface area contributed by atoms with Gasteiger partial charge in [0, 0.05) is 12.1 Å². The molecule has 5 N–H and O–H groups in total. The molecule has 1 aromatic carbocycles. The van der Waals surface area contributed by atoms with E-state index in [1.165, 1.54) is 6.07 Å². The highest BCUT2D eigenvalue weighted by atomic mass is 32.2. The smallest absolute Gasteiger partial charge is 0.253 e. The first-order valence-corrected chi connectivity index (χ1v) is 6.37. The van der Waals surface area contributed by atoms with Crippen LogP contribution in [0.15, 0.2) is 39.1 Å². The van der Waals surface area contributed by atoms with Gasteiger partial charge in [-0.2, -0.15) is 0 Å². The van der Waals surface area contributed by atoms with Gasteiger partial charge in [-0.05, 0) is 30.3 Å². The minimum Gasteiger partial charge on any atom is -0.383 e. The number of anilines is 1. The number of halogens is 1. The van der Waals surface area contributed by atoms with E-state index in [-0.39, 0.29) is 22.6 Å². The first kappa shape index (κ1) is 13.6. The number of hydrogen-bond acceptors (Lipinski definition) is 5. The summed E-state index contributed by atoms with van der Waals surface area (Å²) in [5.74, 6) is -0.324. The van der Waals surface area contributed by atoms with Gasteiger partial charge in [-0.15, -0.1) is 0 Å². The van der Waals surface area contributed by atoms with Crippen LogP contribution in [0.4, 0.5) is 10.2 Å². The van der Waals surface area contributed by atoms with E-state index in [4.69, 9.17) is 11.5 Å². The molecule has 0 saturated carbocycles. The van der Waals surface area contributed by atoms with Crippen LogP contribution in [0.1, 0.15) is 18.5 Å². The average molecular weight is 280 g/mol. The molecule has 0 bridgehead atoms. The van der Waals surface area contributed by atoms with Crippen LogP contribution in [0.2, 0.25) is 0 Å². The lowest BCUT2D eigenvalue weighted by Gasteiger charge is -2.12. The van der Waals surface area contributed by atoms with Crippen LogP contribution in [0, 0.1) is 5.82 Å². The zero-order valence-electron chi connectivity index (χ0n) is 10.2. The molecule has 0 saturated heterocycles. The summed E-state index contributed by atoms with van der Waals surface area (Å²) in [7, 11) is 0. The van der Waals surface area contributed by atoms with Gasteiger partial charge < -0.3 is 16.5 Å². The molecule has 7 heteroatoms. The van der Waals surface area contributed by atoms with Crippen molar-refractivity contribution in [1.82, 2.24) is 9.97 Å². The predicted octanol–water partition coefficient (Wildman–Crippen LogP) is 1.66. The van der Waals surface area contributed by atoms with Gasteiger partial charge in [0.05, 0.1) is 4.90 Å². The van der Waals surface area contributed by atoms with Crippen LogP contribution in [-0.4, -0.2) is 9.97 Å². The number of benzene rings is 1. The van der Waals surface area contributed by atoms with E-state index in [1.807, 2.05) is 0 Å². The summed E-state index contributed by atoms with van der Waals surface area (Å²) >= 11 is 0.996. The molecule has 1 heterocycles. The van der Waals surface area contributed by atoms with Gasteiger partial charge in [0.1, 0.15) is 11.6 Å². The Hall–Kier alpha value is -1.86. The quantitative estimate of drug-likeness (QED) is 0.743. The van der Waals surface area contributed by atoms with Crippen molar-refractivity contribution in [3.8, 4) is 0 Å². The van der Waals surface area contributed by atoms with Crippen molar-refractivity contribution in [2.45, 2.75) is 23.0 Å². The lowest BCUT2D eigenvalue weighted by Crippen LogP contribution is -2.11. The highest BCUT2D eigenvalue weighted by Crippen LogP contribution is 2.32. The van der Waals surface area contributed by atoms with Gasteiger partial charge in [-0.3, -0.25) is 4.79 Å². The second-order valence-electron chi connectivity index (χ2n) is 4.02. The first-order valence-electron chi connectivity index (χ1n) is 5.56. The normalized spacial score (nSPS) is 12.4. The van der Waals surface area contributed by atoms with E-state index in [0.717, 1.165) is 17.8 Å². The number of nitrogens with one attached hydrogen (secondary N) is 1. The SMILES string of the molecule is C[C@H](N)c1cccc(F)c1Sc1nc(N)cc(=O)[nH]1. The molecule has 2 rings (SSSR count). The van der Waals surface area contributed by atoms with Crippen LogP contribution in [0.5, 0.6) is 0 Å². The highest BCUT2D eigenvalue weighted by Gasteiger charge is 2.14. The van der Waals surface area contributed by atoms with E-state index >= 15 is 0 Å². The number of nitrogen functional groups attached to an aromatic ring is 1. The van der Waals surface area contributed by atoms with E-state index in [2.05, 4.69) is 9.97 Å². The van der Waals surface area contributed by atoms with E-state index in [9.17, 15) is 9.18 Å². The number of H-pyrrole nitrogens is 1. The molecule has 0 aliphatic rings. The van der Waals surface area contributed by atoms with Crippen LogP contribution >= 0.6 is 11.8 Å². The number of nitrogens with two attached hydrogens (primary N) is 2. The third kappa shape index (κ3) is 3.12. The van der Waals surface area contributed by atoms with Gasteiger partial charge >= 0.3 is 0 Å². The summed E-state index contributed by atoms with van der Waals surface area (Å²) in [6, 6.07) is 5.50. The maximum absolute atomic E-state index is 13.9. The molecule has 5 nitrogen and oxygen atoms in total. The summed E-state index contributed by atoms with van der Waals surface area (Å²) in [5, 5.41) is 0.233. The summed E-state index contributed by atoms with van der Waals surface area (Å²) in [6.45, 7) is 1.76. The summed E-state index contributed by atoms with van der Waals surface area (Å²) in [6.07, 6.45) is 0. The van der Waals surface area contributed by atoms with Gasteiger partial charge in [0.2, 0.25) is 0 Å². The average Bonchev–Trinajstić information content (AvgIpc) is 2.30. The van der Waals surface area contributed by atoms with Crippen molar-refractivity contribution in [2.75, 3.05) is 5.73 Å². The second kappa shape index (κ2) is 5.41. The Labute approximate surface area is 113 Å². The Balaban J connectivity index is 2.45.